The van der Waals surface area contributed by atoms with E-state index in [9.17, 15) is 4.79 Å². The second kappa shape index (κ2) is 4.77. The highest BCUT2D eigenvalue weighted by Crippen LogP contribution is 2.32. The van der Waals surface area contributed by atoms with Gasteiger partial charge in [-0.2, -0.15) is 0 Å². The highest BCUT2D eigenvalue weighted by Gasteiger charge is 2.14. The Morgan fingerprint density at radius 1 is 1.69 bits per heavy atom. The van der Waals surface area contributed by atoms with Gasteiger partial charge in [0.15, 0.2) is 0 Å². The maximum absolute atomic E-state index is 10.5. The van der Waals surface area contributed by atoms with Crippen molar-refractivity contribution in [3.63, 3.8) is 0 Å². The lowest BCUT2D eigenvalue weighted by atomic mass is 10.0. The van der Waals surface area contributed by atoms with Gasteiger partial charge in [-0.15, -0.1) is 11.3 Å². The lowest BCUT2D eigenvalue weighted by Crippen LogP contribution is -2.03. The molecule has 1 rings (SSSR count). The minimum atomic E-state index is -0.726. The number of halogens is 1. The molecule has 0 saturated heterocycles. The summed E-state index contributed by atoms with van der Waals surface area (Å²) in [4.78, 5) is 11.7. The van der Waals surface area contributed by atoms with Crippen LogP contribution in [-0.4, -0.2) is 11.1 Å². The predicted octanol–water partition coefficient (Wildman–Crippen LogP) is 3.48. The number of aliphatic carboxylic acids is 1. The van der Waals surface area contributed by atoms with Gasteiger partial charge in [0, 0.05) is 10.8 Å². The third-order valence-electron chi connectivity index (χ3n) is 1.91. The number of rotatable bonds is 4. The molecule has 0 aliphatic carbocycles. The van der Waals surface area contributed by atoms with E-state index in [1.165, 1.54) is 0 Å². The molecule has 0 saturated carbocycles. The van der Waals surface area contributed by atoms with Gasteiger partial charge in [-0.3, -0.25) is 4.79 Å². The second-order valence-corrected chi connectivity index (χ2v) is 5.34. The monoisotopic (exact) mass is 262 g/mol. The van der Waals surface area contributed by atoms with E-state index in [2.05, 4.69) is 15.9 Å². The molecule has 0 aromatic carbocycles. The minimum absolute atomic E-state index is 0.161. The molecule has 1 N–H and O–H groups in total. The standard InChI is InChI=1S/C9H11BrO2S/c1-2-6(5-9(11)12)7-3-4-8(10)13-7/h3-4,6H,2,5H2,1H3,(H,11,12). The van der Waals surface area contributed by atoms with Crippen molar-refractivity contribution in [1.82, 2.24) is 0 Å². The van der Waals surface area contributed by atoms with Crippen LogP contribution in [0, 0.1) is 0 Å². The van der Waals surface area contributed by atoms with Gasteiger partial charge in [-0.1, -0.05) is 6.92 Å². The third kappa shape index (κ3) is 3.12. The Hall–Kier alpha value is -0.350. The zero-order valence-electron chi connectivity index (χ0n) is 7.29. The summed E-state index contributed by atoms with van der Waals surface area (Å²) in [5.74, 6) is -0.565. The first-order chi connectivity index (χ1) is 6.13. The number of hydrogen-bond donors (Lipinski definition) is 1. The van der Waals surface area contributed by atoms with Gasteiger partial charge in [0.2, 0.25) is 0 Å². The van der Waals surface area contributed by atoms with Crippen molar-refractivity contribution in [3.05, 3.63) is 20.8 Å². The fraction of sp³-hybridized carbons (Fsp3) is 0.444. The van der Waals surface area contributed by atoms with Crippen molar-refractivity contribution >= 4 is 33.2 Å². The van der Waals surface area contributed by atoms with Crippen LogP contribution in [0.1, 0.15) is 30.6 Å². The largest absolute Gasteiger partial charge is 0.481 e. The molecule has 0 aliphatic rings. The lowest BCUT2D eigenvalue weighted by Gasteiger charge is -2.08. The SMILES string of the molecule is CCC(CC(=O)O)c1ccc(Br)s1. The molecule has 0 amide bonds. The van der Waals surface area contributed by atoms with E-state index in [4.69, 9.17) is 5.11 Å². The topological polar surface area (TPSA) is 37.3 Å². The summed E-state index contributed by atoms with van der Waals surface area (Å²) < 4.78 is 1.06. The van der Waals surface area contributed by atoms with Gasteiger partial charge < -0.3 is 5.11 Å². The minimum Gasteiger partial charge on any atom is -0.481 e. The molecule has 1 aromatic rings. The Bertz CT molecular complexity index is 296. The Kier molecular flexibility index (Phi) is 3.93. The molecule has 0 radical (unpaired) electrons. The first kappa shape index (κ1) is 10.7. The first-order valence-corrected chi connectivity index (χ1v) is 5.71. The summed E-state index contributed by atoms with van der Waals surface area (Å²) in [5, 5.41) is 8.68. The van der Waals surface area contributed by atoms with Crippen LogP contribution >= 0.6 is 27.3 Å². The first-order valence-electron chi connectivity index (χ1n) is 4.10. The lowest BCUT2D eigenvalue weighted by molar-refractivity contribution is -0.137. The molecule has 0 bridgehead atoms. The summed E-state index contributed by atoms with van der Waals surface area (Å²) in [6, 6.07) is 3.95. The van der Waals surface area contributed by atoms with Crippen LogP contribution in [0.3, 0.4) is 0 Å². The summed E-state index contributed by atoms with van der Waals surface area (Å²) in [7, 11) is 0. The number of carbonyl (C=O) groups is 1. The highest BCUT2D eigenvalue weighted by atomic mass is 79.9. The molecule has 2 nitrogen and oxygen atoms in total. The van der Waals surface area contributed by atoms with Crippen LogP contribution in [0.2, 0.25) is 0 Å². The summed E-state index contributed by atoms with van der Waals surface area (Å²) in [5.41, 5.74) is 0. The van der Waals surface area contributed by atoms with Crippen molar-refractivity contribution in [3.8, 4) is 0 Å². The van der Waals surface area contributed by atoms with Crippen LogP contribution in [0.4, 0.5) is 0 Å². The average molecular weight is 263 g/mol. The summed E-state index contributed by atoms with van der Waals surface area (Å²) >= 11 is 4.98. The molecular formula is C9H11BrO2S. The normalized spacial score (nSPS) is 12.8. The molecule has 1 heterocycles. The van der Waals surface area contributed by atoms with Gasteiger partial charge in [0.1, 0.15) is 0 Å². The molecule has 0 aliphatic heterocycles. The van der Waals surface area contributed by atoms with Crippen molar-refractivity contribution in [2.45, 2.75) is 25.7 Å². The fourth-order valence-corrected chi connectivity index (χ4v) is 2.81. The molecule has 0 fully saturated rings. The second-order valence-electron chi connectivity index (χ2n) is 2.84. The number of thiophene rings is 1. The quantitative estimate of drug-likeness (QED) is 0.902. The molecular weight excluding hydrogens is 252 g/mol. The zero-order chi connectivity index (χ0) is 9.84. The predicted molar refractivity (Wildman–Crippen MR) is 57.3 cm³/mol. The number of hydrogen-bond acceptors (Lipinski definition) is 2. The molecule has 0 spiro atoms. The molecule has 72 valence electrons. The van der Waals surface area contributed by atoms with E-state index < -0.39 is 5.97 Å². The van der Waals surface area contributed by atoms with Crippen LogP contribution in [0.25, 0.3) is 0 Å². The van der Waals surface area contributed by atoms with Gasteiger partial charge in [-0.05, 0) is 34.5 Å². The van der Waals surface area contributed by atoms with Crippen molar-refractivity contribution in [2.75, 3.05) is 0 Å². The molecule has 1 aromatic heterocycles. The Morgan fingerprint density at radius 2 is 2.38 bits per heavy atom. The zero-order valence-corrected chi connectivity index (χ0v) is 9.69. The van der Waals surface area contributed by atoms with Crippen LogP contribution in [0.15, 0.2) is 15.9 Å². The molecule has 4 heteroatoms. The molecule has 13 heavy (non-hydrogen) atoms. The van der Waals surface area contributed by atoms with Crippen LogP contribution < -0.4 is 0 Å². The summed E-state index contributed by atoms with van der Waals surface area (Å²) in [6.07, 6.45) is 1.10. The number of carboxylic acids is 1. The van der Waals surface area contributed by atoms with E-state index in [1.54, 1.807) is 11.3 Å². The van der Waals surface area contributed by atoms with Crippen molar-refractivity contribution in [2.24, 2.45) is 0 Å². The third-order valence-corrected chi connectivity index (χ3v) is 3.70. The van der Waals surface area contributed by atoms with Crippen LogP contribution in [-0.2, 0) is 4.79 Å². The smallest absolute Gasteiger partial charge is 0.303 e. The van der Waals surface area contributed by atoms with E-state index in [0.717, 1.165) is 15.1 Å². The number of carboxylic acid groups (broad SMARTS) is 1. The molecule has 1 unspecified atom stereocenters. The van der Waals surface area contributed by atoms with E-state index >= 15 is 0 Å². The van der Waals surface area contributed by atoms with Gasteiger partial charge in [0.05, 0.1) is 10.2 Å². The molecule has 1 atom stereocenters. The Morgan fingerprint density at radius 3 is 2.77 bits per heavy atom. The Labute approximate surface area is 89.7 Å². The fourth-order valence-electron chi connectivity index (χ4n) is 1.20. The van der Waals surface area contributed by atoms with E-state index in [-0.39, 0.29) is 12.3 Å². The maximum Gasteiger partial charge on any atom is 0.303 e. The average Bonchev–Trinajstić information content (AvgIpc) is 2.47. The van der Waals surface area contributed by atoms with Gasteiger partial charge >= 0.3 is 5.97 Å². The van der Waals surface area contributed by atoms with Crippen molar-refractivity contribution in [1.29, 1.82) is 0 Å². The summed E-state index contributed by atoms with van der Waals surface area (Å²) in [6.45, 7) is 2.02. The van der Waals surface area contributed by atoms with Crippen LogP contribution in [0.5, 0.6) is 0 Å². The Balaban J connectivity index is 2.72. The maximum atomic E-state index is 10.5. The van der Waals surface area contributed by atoms with E-state index in [0.29, 0.717) is 0 Å². The highest BCUT2D eigenvalue weighted by molar-refractivity contribution is 9.11. The van der Waals surface area contributed by atoms with Crippen molar-refractivity contribution < 1.29 is 9.90 Å². The van der Waals surface area contributed by atoms with Gasteiger partial charge in [0.25, 0.3) is 0 Å². The van der Waals surface area contributed by atoms with Gasteiger partial charge in [-0.25, -0.2) is 0 Å². The van der Waals surface area contributed by atoms with E-state index in [1.807, 2.05) is 19.1 Å².